The molecule has 0 unspecified atom stereocenters. The molecular weight excluding hydrogens is 276 g/mol. The Morgan fingerprint density at radius 1 is 1.30 bits per heavy atom. The van der Waals surface area contributed by atoms with Gasteiger partial charge < -0.3 is 15.3 Å². The standard InChI is InChI=1S/C14H24N2O3S/c1-20-14(5-3-2-4-6-14)10-15-13(19)16-8-11(9-16)7-12(17)18/h11H,2-10H2,1H3,(H,15,19)(H,17,18). The smallest absolute Gasteiger partial charge is 0.317 e. The van der Waals surface area contributed by atoms with Crippen LogP contribution in [0, 0.1) is 5.92 Å². The molecule has 20 heavy (non-hydrogen) atoms. The van der Waals surface area contributed by atoms with E-state index in [4.69, 9.17) is 5.11 Å². The van der Waals surface area contributed by atoms with Gasteiger partial charge in [-0.1, -0.05) is 19.3 Å². The summed E-state index contributed by atoms with van der Waals surface area (Å²) in [7, 11) is 0. The molecule has 0 bridgehead atoms. The van der Waals surface area contributed by atoms with Crippen molar-refractivity contribution in [2.45, 2.75) is 43.3 Å². The Morgan fingerprint density at radius 3 is 2.50 bits per heavy atom. The third-order valence-corrected chi connectivity index (χ3v) is 5.89. The van der Waals surface area contributed by atoms with Gasteiger partial charge in [0.1, 0.15) is 0 Å². The summed E-state index contributed by atoms with van der Waals surface area (Å²) in [5.74, 6) is -0.652. The molecular formula is C14H24N2O3S. The van der Waals surface area contributed by atoms with Gasteiger partial charge in [0, 0.05) is 30.3 Å². The molecule has 1 saturated carbocycles. The molecule has 2 rings (SSSR count). The van der Waals surface area contributed by atoms with Gasteiger partial charge in [-0.15, -0.1) is 0 Å². The van der Waals surface area contributed by atoms with Crippen LogP contribution < -0.4 is 5.32 Å². The van der Waals surface area contributed by atoms with Crippen molar-refractivity contribution in [2.24, 2.45) is 5.92 Å². The van der Waals surface area contributed by atoms with E-state index in [9.17, 15) is 9.59 Å². The first-order valence-corrected chi connectivity index (χ1v) is 8.57. The molecule has 0 atom stereocenters. The van der Waals surface area contributed by atoms with Crippen molar-refractivity contribution in [2.75, 3.05) is 25.9 Å². The maximum Gasteiger partial charge on any atom is 0.317 e. The van der Waals surface area contributed by atoms with Crippen molar-refractivity contribution >= 4 is 23.8 Å². The lowest BCUT2D eigenvalue weighted by Crippen LogP contribution is -2.56. The number of nitrogens with one attached hydrogen (secondary N) is 1. The summed E-state index contributed by atoms with van der Waals surface area (Å²) >= 11 is 1.87. The number of thioether (sulfide) groups is 1. The molecule has 5 nitrogen and oxygen atoms in total. The maximum absolute atomic E-state index is 12.0. The predicted octanol–water partition coefficient (Wildman–Crippen LogP) is 2.17. The van der Waals surface area contributed by atoms with E-state index in [1.165, 1.54) is 32.1 Å². The largest absolute Gasteiger partial charge is 0.481 e. The van der Waals surface area contributed by atoms with E-state index in [0.29, 0.717) is 13.1 Å². The van der Waals surface area contributed by atoms with Gasteiger partial charge in [0.15, 0.2) is 0 Å². The number of carboxylic acids is 1. The fraction of sp³-hybridized carbons (Fsp3) is 0.857. The van der Waals surface area contributed by atoms with Crippen LogP contribution in [0.25, 0.3) is 0 Å². The van der Waals surface area contributed by atoms with Crippen molar-refractivity contribution in [1.29, 1.82) is 0 Å². The second-order valence-electron chi connectivity index (χ2n) is 5.98. The van der Waals surface area contributed by atoms with Crippen LogP contribution in [-0.4, -0.2) is 52.6 Å². The van der Waals surface area contributed by atoms with Crippen LogP contribution in [0.2, 0.25) is 0 Å². The number of rotatable bonds is 5. The molecule has 1 saturated heterocycles. The van der Waals surface area contributed by atoms with E-state index in [0.717, 1.165) is 6.54 Å². The van der Waals surface area contributed by atoms with Crippen molar-refractivity contribution in [1.82, 2.24) is 10.2 Å². The van der Waals surface area contributed by atoms with Crippen molar-refractivity contribution in [3.05, 3.63) is 0 Å². The van der Waals surface area contributed by atoms with Crippen LogP contribution in [0.4, 0.5) is 4.79 Å². The zero-order valence-electron chi connectivity index (χ0n) is 12.1. The maximum atomic E-state index is 12.0. The fourth-order valence-electron chi connectivity index (χ4n) is 3.11. The zero-order valence-corrected chi connectivity index (χ0v) is 12.9. The number of carboxylic acid groups (broad SMARTS) is 1. The molecule has 1 aliphatic heterocycles. The van der Waals surface area contributed by atoms with Gasteiger partial charge in [0.2, 0.25) is 0 Å². The molecule has 0 radical (unpaired) electrons. The highest BCUT2D eigenvalue weighted by atomic mass is 32.2. The zero-order chi connectivity index (χ0) is 14.6. The SMILES string of the molecule is CSC1(CNC(=O)N2CC(CC(=O)O)C2)CCCCC1. The molecule has 1 aliphatic carbocycles. The van der Waals surface area contributed by atoms with E-state index in [-0.39, 0.29) is 23.1 Å². The lowest BCUT2D eigenvalue weighted by molar-refractivity contribution is -0.139. The first-order valence-electron chi connectivity index (χ1n) is 7.34. The molecule has 114 valence electrons. The lowest BCUT2D eigenvalue weighted by atomic mass is 9.88. The normalized spacial score (nSPS) is 22.1. The van der Waals surface area contributed by atoms with Crippen LogP contribution in [0.5, 0.6) is 0 Å². The summed E-state index contributed by atoms with van der Waals surface area (Å²) in [6.45, 7) is 1.88. The van der Waals surface area contributed by atoms with Crippen LogP contribution in [0.3, 0.4) is 0 Å². The van der Waals surface area contributed by atoms with E-state index < -0.39 is 5.97 Å². The number of aliphatic carboxylic acids is 1. The minimum Gasteiger partial charge on any atom is -0.481 e. The summed E-state index contributed by atoms with van der Waals surface area (Å²) in [6.07, 6.45) is 8.45. The number of likely N-dealkylation sites (tertiary alicyclic amines) is 1. The first kappa shape index (κ1) is 15.5. The molecule has 0 aromatic rings. The Labute approximate surface area is 124 Å². The van der Waals surface area contributed by atoms with Gasteiger partial charge in [-0.25, -0.2) is 4.79 Å². The molecule has 0 aromatic heterocycles. The Bertz CT molecular complexity index is 363. The molecule has 2 N–H and O–H groups in total. The molecule has 2 aliphatic rings. The van der Waals surface area contributed by atoms with Gasteiger partial charge in [-0.3, -0.25) is 4.79 Å². The second kappa shape index (κ2) is 6.70. The number of carbonyl (C=O) groups excluding carboxylic acids is 1. The number of carbonyl (C=O) groups is 2. The van der Waals surface area contributed by atoms with E-state index in [1.807, 2.05) is 11.8 Å². The Kier molecular flexibility index (Phi) is 5.18. The second-order valence-corrected chi connectivity index (χ2v) is 7.25. The third-order valence-electron chi connectivity index (χ3n) is 4.47. The average Bonchev–Trinajstić information content (AvgIpc) is 2.40. The Morgan fingerprint density at radius 2 is 1.95 bits per heavy atom. The van der Waals surface area contributed by atoms with Crippen LogP contribution in [0.15, 0.2) is 0 Å². The molecule has 0 aromatic carbocycles. The van der Waals surface area contributed by atoms with Crippen LogP contribution in [-0.2, 0) is 4.79 Å². The molecule has 2 fully saturated rings. The minimum absolute atomic E-state index is 0.0364. The fourth-order valence-corrected chi connectivity index (χ4v) is 4.02. The first-order chi connectivity index (χ1) is 9.54. The van der Waals surface area contributed by atoms with Gasteiger partial charge in [0.25, 0.3) is 0 Å². The number of hydrogen-bond donors (Lipinski definition) is 2. The van der Waals surface area contributed by atoms with Crippen molar-refractivity contribution < 1.29 is 14.7 Å². The number of hydrogen-bond acceptors (Lipinski definition) is 3. The monoisotopic (exact) mass is 300 g/mol. The highest BCUT2D eigenvalue weighted by Gasteiger charge is 2.35. The van der Waals surface area contributed by atoms with E-state index >= 15 is 0 Å². The van der Waals surface area contributed by atoms with Gasteiger partial charge in [-0.05, 0) is 19.1 Å². The summed E-state index contributed by atoms with van der Waals surface area (Å²) in [5, 5.41) is 11.7. The van der Waals surface area contributed by atoms with Gasteiger partial charge in [-0.2, -0.15) is 11.8 Å². The third kappa shape index (κ3) is 3.81. The topological polar surface area (TPSA) is 69.6 Å². The summed E-state index contributed by atoms with van der Waals surface area (Å²) in [5.41, 5.74) is 0. The number of nitrogens with zero attached hydrogens (tertiary/aromatic N) is 1. The molecule has 0 spiro atoms. The highest BCUT2D eigenvalue weighted by Crippen LogP contribution is 2.38. The van der Waals surface area contributed by atoms with E-state index in [1.54, 1.807) is 4.90 Å². The van der Waals surface area contributed by atoms with Crippen LogP contribution in [0.1, 0.15) is 38.5 Å². The number of amides is 2. The van der Waals surface area contributed by atoms with Crippen LogP contribution >= 0.6 is 11.8 Å². The lowest BCUT2D eigenvalue weighted by Gasteiger charge is -2.40. The van der Waals surface area contributed by atoms with Crippen molar-refractivity contribution in [3.8, 4) is 0 Å². The van der Waals surface area contributed by atoms with Gasteiger partial charge in [0.05, 0.1) is 6.42 Å². The summed E-state index contributed by atoms with van der Waals surface area (Å²) < 4.78 is 0.208. The minimum atomic E-state index is -0.779. The highest BCUT2D eigenvalue weighted by molar-refractivity contribution is 8.00. The molecule has 2 amide bonds. The average molecular weight is 300 g/mol. The Hall–Kier alpha value is -0.910. The van der Waals surface area contributed by atoms with Crippen molar-refractivity contribution in [3.63, 3.8) is 0 Å². The summed E-state index contributed by atoms with van der Waals surface area (Å²) in [6, 6.07) is -0.0364. The number of urea groups is 1. The quantitative estimate of drug-likeness (QED) is 0.816. The van der Waals surface area contributed by atoms with Gasteiger partial charge >= 0.3 is 12.0 Å². The molecule has 1 heterocycles. The van der Waals surface area contributed by atoms with E-state index in [2.05, 4.69) is 11.6 Å². The summed E-state index contributed by atoms with van der Waals surface area (Å²) in [4.78, 5) is 24.3. The Balaban J connectivity index is 1.71. The predicted molar refractivity (Wildman–Crippen MR) is 80.0 cm³/mol. The molecule has 6 heteroatoms.